The summed E-state index contributed by atoms with van der Waals surface area (Å²) in [6.45, 7) is 3.31. The second kappa shape index (κ2) is 6.43. The lowest BCUT2D eigenvalue weighted by Gasteiger charge is -2.29. The van der Waals surface area contributed by atoms with E-state index in [4.69, 9.17) is 0 Å². The van der Waals surface area contributed by atoms with Gasteiger partial charge in [-0.3, -0.25) is 0 Å². The highest BCUT2D eigenvalue weighted by Gasteiger charge is 2.33. The highest BCUT2D eigenvalue weighted by molar-refractivity contribution is 5.44. The van der Waals surface area contributed by atoms with Crippen LogP contribution in [0, 0.1) is 0 Å². The summed E-state index contributed by atoms with van der Waals surface area (Å²) in [5.74, 6) is 1.77. The molecule has 0 aromatic carbocycles. The molecule has 7 nitrogen and oxygen atoms in total. The average molecular weight is 294 g/mol. The van der Waals surface area contributed by atoms with Gasteiger partial charge in [0.15, 0.2) is 0 Å². The van der Waals surface area contributed by atoms with Crippen LogP contribution in [0.5, 0.6) is 0 Å². The molecule has 0 radical (unpaired) electrons. The van der Waals surface area contributed by atoms with Gasteiger partial charge in [-0.15, -0.1) is 0 Å². The summed E-state index contributed by atoms with van der Waals surface area (Å²) in [5.41, 5.74) is -0.613. The van der Waals surface area contributed by atoms with E-state index in [9.17, 15) is 5.11 Å². The van der Waals surface area contributed by atoms with Crippen molar-refractivity contribution in [2.75, 3.05) is 49.3 Å². The van der Waals surface area contributed by atoms with Crippen LogP contribution in [0.3, 0.4) is 0 Å². The summed E-state index contributed by atoms with van der Waals surface area (Å²) < 4.78 is 0. The lowest BCUT2D eigenvalue weighted by atomic mass is 10.0. The van der Waals surface area contributed by atoms with Gasteiger partial charge in [-0.2, -0.15) is 15.0 Å². The van der Waals surface area contributed by atoms with Crippen LogP contribution in [-0.2, 0) is 0 Å². The highest BCUT2D eigenvalue weighted by atomic mass is 16.3. The second-order valence-corrected chi connectivity index (χ2v) is 5.97. The van der Waals surface area contributed by atoms with Crippen molar-refractivity contribution in [1.29, 1.82) is 0 Å². The number of anilines is 3. The summed E-state index contributed by atoms with van der Waals surface area (Å²) in [4.78, 5) is 17.0. The Hall–Kier alpha value is -1.63. The van der Waals surface area contributed by atoms with Crippen LogP contribution in [0.2, 0.25) is 0 Å². The molecule has 1 saturated carbocycles. The molecule has 1 aromatic heterocycles. The average Bonchev–Trinajstić information content (AvgIpc) is 2.85. The Morgan fingerprint density at radius 3 is 2.29 bits per heavy atom. The van der Waals surface area contributed by atoms with Crippen molar-refractivity contribution in [1.82, 2.24) is 15.0 Å². The van der Waals surface area contributed by atoms with E-state index >= 15 is 0 Å². The maximum atomic E-state index is 10.5. The molecule has 1 aliphatic rings. The number of aromatic nitrogens is 3. The minimum Gasteiger partial charge on any atom is -0.388 e. The first-order chi connectivity index (χ1) is 9.93. The van der Waals surface area contributed by atoms with Gasteiger partial charge in [0.05, 0.1) is 5.60 Å². The number of likely N-dealkylation sites (N-methyl/N-ethyl adjacent to an activating group) is 1. The van der Waals surface area contributed by atoms with Crippen molar-refractivity contribution in [2.45, 2.75) is 38.2 Å². The molecule has 1 aromatic rings. The molecule has 2 N–H and O–H groups in total. The van der Waals surface area contributed by atoms with Crippen molar-refractivity contribution in [2.24, 2.45) is 0 Å². The Labute approximate surface area is 126 Å². The number of hydrogen-bond donors (Lipinski definition) is 2. The molecule has 1 heterocycles. The molecule has 0 bridgehead atoms. The first-order valence-corrected chi connectivity index (χ1v) is 7.54. The quantitative estimate of drug-likeness (QED) is 0.813. The van der Waals surface area contributed by atoms with Gasteiger partial charge in [0.2, 0.25) is 17.8 Å². The maximum absolute atomic E-state index is 10.5. The zero-order chi connectivity index (χ0) is 15.5. The fourth-order valence-corrected chi connectivity index (χ4v) is 2.67. The third-order valence-corrected chi connectivity index (χ3v) is 3.75. The number of rotatable bonds is 6. The van der Waals surface area contributed by atoms with Crippen LogP contribution in [0.25, 0.3) is 0 Å². The number of nitrogens with zero attached hydrogens (tertiary/aromatic N) is 5. The molecule has 0 amide bonds. The molecule has 0 spiro atoms. The smallest absolute Gasteiger partial charge is 0.231 e. The number of hydrogen-bond acceptors (Lipinski definition) is 7. The first-order valence-electron chi connectivity index (χ1n) is 7.54. The molecular formula is C14H26N6O. The molecular weight excluding hydrogens is 268 g/mol. The third-order valence-electron chi connectivity index (χ3n) is 3.75. The molecule has 2 rings (SSSR count). The Bertz CT molecular complexity index is 473. The molecule has 21 heavy (non-hydrogen) atoms. The normalized spacial score (nSPS) is 16.8. The number of nitrogens with one attached hydrogen (secondary N) is 1. The van der Waals surface area contributed by atoms with Crippen molar-refractivity contribution >= 4 is 17.8 Å². The van der Waals surface area contributed by atoms with Crippen molar-refractivity contribution in [3.63, 3.8) is 0 Å². The van der Waals surface area contributed by atoms with Crippen LogP contribution < -0.4 is 15.1 Å². The van der Waals surface area contributed by atoms with E-state index in [1.165, 1.54) is 0 Å². The standard InChI is InChI=1S/C14H26N6O/c1-5-15-11-16-12(19(2)3)18-13(17-11)20(4)10-14(21)8-6-7-9-14/h21H,5-10H2,1-4H3,(H,15,16,17,18). The zero-order valence-corrected chi connectivity index (χ0v) is 13.4. The highest BCUT2D eigenvalue weighted by Crippen LogP contribution is 2.30. The first kappa shape index (κ1) is 15.8. The predicted molar refractivity (Wildman–Crippen MR) is 85.0 cm³/mol. The summed E-state index contributed by atoms with van der Waals surface area (Å²) in [6.07, 6.45) is 3.88. The minimum absolute atomic E-state index is 0.551. The Morgan fingerprint density at radius 1 is 1.10 bits per heavy atom. The van der Waals surface area contributed by atoms with E-state index in [0.717, 1.165) is 32.2 Å². The van der Waals surface area contributed by atoms with Crippen LogP contribution in [0.4, 0.5) is 17.8 Å². The summed E-state index contributed by atoms with van der Waals surface area (Å²) >= 11 is 0. The van der Waals surface area contributed by atoms with Crippen molar-refractivity contribution in [3.05, 3.63) is 0 Å². The summed E-state index contributed by atoms with van der Waals surface area (Å²) in [7, 11) is 5.72. The van der Waals surface area contributed by atoms with Gasteiger partial charge in [-0.25, -0.2) is 0 Å². The SMILES string of the molecule is CCNc1nc(N(C)C)nc(N(C)CC2(O)CCCC2)n1. The molecule has 118 valence electrons. The van der Waals surface area contributed by atoms with Crippen LogP contribution >= 0.6 is 0 Å². The van der Waals surface area contributed by atoms with Crippen LogP contribution in [0.1, 0.15) is 32.6 Å². The molecule has 1 fully saturated rings. The number of aliphatic hydroxyl groups is 1. The van der Waals surface area contributed by atoms with E-state index < -0.39 is 5.60 Å². The van der Waals surface area contributed by atoms with E-state index in [1.807, 2.05) is 37.9 Å². The van der Waals surface area contributed by atoms with Gasteiger partial charge in [0, 0.05) is 34.2 Å². The van der Waals surface area contributed by atoms with Gasteiger partial charge in [0.25, 0.3) is 0 Å². The Kier molecular flexibility index (Phi) is 4.82. The zero-order valence-electron chi connectivity index (χ0n) is 13.4. The molecule has 0 saturated heterocycles. The second-order valence-electron chi connectivity index (χ2n) is 5.97. The third kappa shape index (κ3) is 3.93. The summed E-state index contributed by atoms with van der Waals surface area (Å²) in [5, 5.41) is 13.7. The van der Waals surface area contributed by atoms with Gasteiger partial charge in [-0.05, 0) is 19.8 Å². The lowest BCUT2D eigenvalue weighted by molar-refractivity contribution is 0.0556. The van der Waals surface area contributed by atoms with Crippen molar-refractivity contribution in [3.8, 4) is 0 Å². The minimum atomic E-state index is -0.613. The molecule has 1 aliphatic carbocycles. The predicted octanol–water partition coefficient (Wildman–Crippen LogP) is 1.11. The maximum Gasteiger partial charge on any atom is 0.231 e. The monoisotopic (exact) mass is 294 g/mol. The van der Waals surface area contributed by atoms with Crippen LogP contribution in [-0.4, -0.2) is 59.9 Å². The Morgan fingerprint density at radius 2 is 1.71 bits per heavy atom. The molecule has 0 unspecified atom stereocenters. The van der Waals surface area contributed by atoms with E-state index in [2.05, 4.69) is 20.3 Å². The topological polar surface area (TPSA) is 77.4 Å². The largest absolute Gasteiger partial charge is 0.388 e. The van der Waals surface area contributed by atoms with Gasteiger partial charge in [-0.1, -0.05) is 12.8 Å². The molecule has 7 heteroatoms. The van der Waals surface area contributed by atoms with Crippen molar-refractivity contribution < 1.29 is 5.11 Å². The van der Waals surface area contributed by atoms with E-state index in [1.54, 1.807) is 0 Å². The Balaban J connectivity index is 2.20. The van der Waals surface area contributed by atoms with E-state index in [-0.39, 0.29) is 0 Å². The fourth-order valence-electron chi connectivity index (χ4n) is 2.67. The van der Waals surface area contributed by atoms with Gasteiger partial charge in [0.1, 0.15) is 0 Å². The molecule has 0 aliphatic heterocycles. The van der Waals surface area contributed by atoms with Crippen LogP contribution in [0.15, 0.2) is 0 Å². The van der Waals surface area contributed by atoms with E-state index in [0.29, 0.717) is 24.4 Å². The lowest BCUT2D eigenvalue weighted by Crippen LogP contribution is -2.40. The fraction of sp³-hybridized carbons (Fsp3) is 0.786. The summed E-state index contributed by atoms with van der Waals surface area (Å²) in [6, 6.07) is 0. The van der Waals surface area contributed by atoms with Gasteiger partial charge < -0.3 is 20.2 Å². The molecule has 0 atom stereocenters. The van der Waals surface area contributed by atoms with Gasteiger partial charge >= 0.3 is 0 Å².